The van der Waals surface area contributed by atoms with Crippen molar-refractivity contribution in [2.75, 3.05) is 0 Å². The Labute approximate surface area is 74.8 Å². The summed E-state index contributed by atoms with van der Waals surface area (Å²) in [4.78, 5) is 16.3. The van der Waals surface area contributed by atoms with Gasteiger partial charge in [-0.2, -0.15) is 0 Å². The number of fused-ring (bicyclic) bond motifs is 1. The molecule has 0 saturated heterocycles. The third-order valence-corrected chi connectivity index (χ3v) is 3.23. The van der Waals surface area contributed by atoms with E-state index in [0.717, 1.165) is 15.6 Å². The highest BCUT2D eigenvalue weighted by Crippen LogP contribution is 2.27. The Morgan fingerprint density at radius 2 is 2.33 bits per heavy atom. The maximum absolute atomic E-state index is 11.2. The third kappa shape index (κ3) is 1.03. The summed E-state index contributed by atoms with van der Waals surface area (Å²) in [5.41, 5.74) is 0.925. The Balaban J connectivity index is 2.43. The summed E-state index contributed by atoms with van der Waals surface area (Å²) >= 11 is 1.52. The second kappa shape index (κ2) is 2.55. The van der Waals surface area contributed by atoms with Crippen molar-refractivity contribution in [2.45, 2.75) is 26.3 Å². The molecule has 64 valence electrons. The topological polar surface area (TPSA) is 42.0 Å². The minimum absolute atomic E-state index is 0.0365. The van der Waals surface area contributed by atoms with E-state index in [9.17, 15) is 4.79 Å². The zero-order chi connectivity index (χ0) is 8.72. The summed E-state index contributed by atoms with van der Waals surface area (Å²) in [6, 6.07) is 0. The molecule has 3 nitrogen and oxygen atoms in total. The molecular formula is C8H10N2OS. The normalized spacial score (nSPS) is 15.1. The first-order chi connectivity index (χ1) is 5.68. The Hall–Kier alpha value is -0.900. The maximum Gasteiger partial charge on any atom is 0.263 e. The SMILES string of the molecule is CC(C)c1nc2c(s1)C(=O)NC2. The quantitative estimate of drug-likeness (QED) is 0.715. The standard InChI is InChI=1S/C8H10N2OS/c1-4(2)8-10-5-3-9-7(11)6(5)12-8/h4H,3H2,1-2H3,(H,9,11). The lowest BCUT2D eigenvalue weighted by atomic mass is 10.2. The van der Waals surface area contributed by atoms with Crippen molar-refractivity contribution in [1.29, 1.82) is 0 Å². The maximum atomic E-state index is 11.2. The Bertz CT molecular complexity index is 330. The molecule has 2 rings (SSSR count). The average Bonchev–Trinajstić information content (AvgIpc) is 2.53. The number of amides is 1. The second-order valence-corrected chi connectivity index (χ2v) is 4.20. The van der Waals surface area contributed by atoms with Gasteiger partial charge in [0.05, 0.1) is 17.2 Å². The highest BCUT2D eigenvalue weighted by Gasteiger charge is 2.24. The van der Waals surface area contributed by atoms with Crippen LogP contribution in [0.1, 0.15) is 40.1 Å². The van der Waals surface area contributed by atoms with Crippen LogP contribution in [0, 0.1) is 0 Å². The van der Waals surface area contributed by atoms with E-state index in [1.54, 1.807) is 0 Å². The van der Waals surface area contributed by atoms with Gasteiger partial charge in [0.2, 0.25) is 0 Å². The molecule has 1 aliphatic heterocycles. The molecule has 1 amide bonds. The summed E-state index contributed by atoms with van der Waals surface area (Å²) in [7, 11) is 0. The van der Waals surface area contributed by atoms with Crippen LogP contribution in [0.2, 0.25) is 0 Å². The van der Waals surface area contributed by atoms with Crippen LogP contribution in [-0.4, -0.2) is 10.9 Å². The number of nitrogens with zero attached hydrogens (tertiary/aromatic N) is 1. The predicted molar refractivity (Wildman–Crippen MR) is 47.4 cm³/mol. The fourth-order valence-corrected chi connectivity index (χ4v) is 2.16. The van der Waals surface area contributed by atoms with Crippen LogP contribution in [0.15, 0.2) is 0 Å². The molecule has 1 aromatic rings. The molecule has 0 fully saturated rings. The average molecular weight is 182 g/mol. The van der Waals surface area contributed by atoms with E-state index in [1.165, 1.54) is 11.3 Å². The molecule has 1 aliphatic rings. The van der Waals surface area contributed by atoms with Crippen molar-refractivity contribution in [3.8, 4) is 0 Å². The molecule has 0 radical (unpaired) electrons. The van der Waals surface area contributed by atoms with Crippen LogP contribution in [0.3, 0.4) is 0 Å². The van der Waals surface area contributed by atoms with Gasteiger partial charge in [0.25, 0.3) is 5.91 Å². The van der Waals surface area contributed by atoms with Gasteiger partial charge in [0.15, 0.2) is 0 Å². The van der Waals surface area contributed by atoms with Gasteiger partial charge in [0.1, 0.15) is 4.88 Å². The molecular weight excluding hydrogens is 172 g/mol. The molecule has 0 aromatic carbocycles. The van der Waals surface area contributed by atoms with Crippen LogP contribution in [0.5, 0.6) is 0 Å². The summed E-state index contributed by atoms with van der Waals surface area (Å²) in [6.07, 6.45) is 0. The zero-order valence-electron chi connectivity index (χ0n) is 7.05. The second-order valence-electron chi connectivity index (χ2n) is 3.17. The van der Waals surface area contributed by atoms with E-state index in [1.807, 2.05) is 0 Å². The Morgan fingerprint density at radius 3 is 2.92 bits per heavy atom. The number of thiazole rings is 1. The summed E-state index contributed by atoms with van der Waals surface area (Å²) in [5, 5.41) is 3.80. The van der Waals surface area contributed by atoms with Crippen molar-refractivity contribution in [3.05, 3.63) is 15.6 Å². The Morgan fingerprint density at radius 1 is 1.58 bits per heavy atom. The van der Waals surface area contributed by atoms with Gasteiger partial charge < -0.3 is 5.32 Å². The molecule has 0 spiro atoms. The lowest BCUT2D eigenvalue weighted by molar-refractivity contribution is 0.0969. The number of nitrogens with one attached hydrogen (secondary N) is 1. The first kappa shape index (κ1) is 7.73. The summed E-state index contributed by atoms with van der Waals surface area (Å²) in [5.74, 6) is 0.461. The van der Waals surface area contributed by atoms with Gasteiger partial charge in [-0.15, -0.1) is 11.3 Å². The first-order valence-electron chi connectivity index (χ1n) is 3.96. The van der Waals surface area contributed by atoms with Gasteiger partial charge >= 0.3 is 0 Å². The largest absolute Gasteiger partial charge is 0.346 e. The van der Waals surface area contributed by atoms with Gasteiger partial charge in [-0.25, -0.2) is 4.98 Å². The fraction of sp³-hybridized carbons (Fsp3) is 0.500. The van der Waals surface area contributed by atoms with Gasteiger partial charge in [-0.05, 0) is 0 Å². The number of hydrogen-bond donors (Lipinski definition) is 1. The lowest BCUT2D eigenvalue weighted by Crippen LogP contribution is -2.12. The van der Waals surface area contributed by atoms with Crippen molar-refractivity contribution in [1.82, 2.24) is 10.3 Å². The lowest BCUT2D eigenvalue weighted by Gasteiger charge is -1.97. The Kier molecular flexibility index (Phi) is 1.65. The molecule has 4 heteroatoms. The van der Waals surface area contributed by atoms with Crippen LogP contribution < -0.4 is 5.32 Å². The minimum Gasteiger partial charge on any atom is -0.346 e. The summed E-state index contributed by atoms with van der Waals surface area (Å²) in [6.45, 7) is 4.79. The van der Waals surface area contributed by atoms with Gasteiger partial charge in [-0.1, -0.05) is 13.8 Å². The van der Waals surface area contributed by atoms with E-state index >= 15 is 0 Å². The highest BCUT2D eigenvalue weighted by atomic mass is 32.1. The van der Waals surface area contributed by atoms with Crippen molar-refractivity contribution >= 4 is 17.2 Å². The molecule has 2 heterocycles. The van der Waals surface area contributed by atoms with E-state index in [0.29, 0.717) is 12.5 Å². The van der Waals surface area contributed by atoms with E-state index in [4.69, 9.17) is 0 Å². The number of aromatic nitrogens is 1. The number of carbonyl (C=O) groups excluding carboxylic acids is 1. The molecule has 0 saturated carbocycles. The van der Waals surface area contributed by atoms with Crippen LogP contribution >= 0.6 is 11.3 Å². The fourth-order valence-electron chi connectivity index (χ4n) is 1.16. The predicted octanol–water partition coefficient (Wildman–Crippen LogP) is 1.51. The summed E-state index contributed by atoms with van der Waals surface area (Å²) < 4.78 is 0. The number of carbonyl (C=O) groups is 1. The van der Waals surface area contributed by atoms with E-state index in [-0.39, 0.29) is 5.91 Å². The van der Waals surface area contributed by atoms with Gasteiger partial charge in [-0.3, -0.25) is 4.79 Å². The van der Waals surface area contributed by atoms with Gasteiger partial charge in [0, 0.05) is 5.92 Å². The van der Waals surface area contributed by atoms with Crippen molar-refractivity contribution in [3.63, 3.8) is 0 Å². The molecule has 0 bridgehead atoms. The van der Waals surface area contributed by atoms with Crippen molar-refractivity contribution in [2.24, 2.45) is 0 Å². The molecule has 12 heavy (non-hydrogen) atoms. The molecule has 0 atom stereocenters. The van der Waals surface area contributed by atoms with Crippen LogP contribution in [0.4, 0.5) is 0 Å². The van der Waals surface area contributed by atoms with E-state index in [2.05, 4.69) is 24.1 Å². The zero-order valence-corrected chi connectivity index (χ0v) is 7.86. The molecule has 0 aliphatic carbocycles. The molecule has 1 aromatic heterocycles. The molecule has 0 unspecified atom stereocenters. The highest BCUT2D eigenvalue weighted by molar-refractivity contribution is 7.14. The monoisotopic (exact) mass is 182 g/mol. The van der Waals surface area contributed by atoms with E-state index < -0.39 is 0 Å². The molecule has 1 N–H and O–H groups in total. The smallest absolute Gasteiger partial charge is 0.263 e. The van der Waals surface area contributed by atoms with Crippen molar-refractivity contribution < 1.29 is 4.79 Å². The number of rotatable bonds is 1. The third-order valence-electron chi connectivity index (χ3n) is 1.83. The van der Waals surface area contributed by atoms with Crippen LogP contribution in [-0.2, 0) is 6.54 Å². The van der Waals surface area contributed by atoms with Crippen LogP contribution in [0.25, 0.3) is 0 Å². The first-order valence-corrected chi connectivity index (χ1v) is 4.78. The number of hydrogen-bond acceptors (Lipinski definition) is 3. The minimum atomic E-state index is 0.0365.